The Morgan fingerprint density at radius 2 is 1.07 bits per heavy atom. The molecule has 6 heteroatoms. The van der Waals surface area contributed by atoms with Crippen molar-refractivity contribution in [1.29, 1.82) is 0 Å². The second-order valence-electron chi connectivity index (χ2n) is 7.86. The van der Waals surface area contributed by atoms with Gasteiger partial charge in [0.25, 0.3) is 0 Å². The summed E-state index contributed by atoms with van der Waals surface area (Å²) < 4.78 is 11.5. The summed E-state index contributed by atoms with van der Waals surface area (Å²) in [6.07, 6.45) is -0.0800. The number of ether oxygens (including phenoxy) is 2. The van der Waals surface area contributed by atoms with E-state index in [1.807, 2.05) is 39.8 Å². The first-order chi connectivity index (χ1) is 13.6. The van der Waals surface area contributed by atoms with Gasteiger partial charge in [0.15, 0.2) is 0 Å². The molecule has 29 heavy (non-hydrogen) atoms. The van der Waals surface area contributed by atoms with Crippen LogP contribution in [0.2, 0.25) is 0 Å². The van der Waals surface area contributed by atoms with Gasteiger partial charge in [-0.15, -0.1) is 0 Å². The van der Waals surface area contributed by atoms with Crippen LogP contribution in [0.1, 0.15) is 41.5 Å². The van der Waals surface area contributed by atoms with E-state index in [2.05, 4.69) is 10.6 Å². The molecular weight excluding hydrogens is 368 g/mol. The van der Waals surface area contributed by atoms with Gasteiger partial charge in [-0.2, -0.15) is 0 Å². The van der Waals surface area contributed by atoms with Gasteiger partial charge in [0, 0.05) is 0 Å². The van der Waals surface area contributed by atoms with E-state index in [1.54, 1.807) is 50.2 Å². The van der Waals surface area contributed by atoms with Gasteiger partial charge in [0.1, 0.15) is 16.9 Å². The van der Waals surface area contributed by atoms with Crippen molar-refractivity contribution in [1.82, 2.24) is 0 Å². The predicted molar refractivity (Wildman–Crippen MR) is 115 cm³/mol. The molecule has 0 saturated heterocycles. The minimum atomic E-state index is -1.32. The minimum absolute atomic E-state index is 0.0400. The summed E-state index contributed by atoms with van der Waals surface area (Å²) in [5, 5.41) is 5.63. The average molecular weight is 399 g/mol. The fourth-order valence-corrected chi connectivity index (χ4v) is 2.51. The van der Waals surface area contributed by atoms with Gasteiger partial charge in [-0.05, 0) is 65.8 Å². The Balaban J connectivity index is 2.16. The van der Waals surface area contributed by atoms with Crippen LogP contribution in [0.5, 0.6) is 11.5 Å². The lowest BCUT2D eigenvalue weighted by Crippen LogP contribution is -2.41. The molecule has 2 N–H and O–H groups in total. The average Bonchev–Trinajstić information content (AvgIpc) is 2.64. The molecule has 0 aliphatic carbocycles. The Bertz CT molecular complexity index is 790. The van der Waals surface area contributed by atoms with Crippen LogP contribution in [-0.2, 0) is 9.59 Å². The van der Waals surface area contributed by atoms with E-state index < -0.39 is 17.2 Å². The lowest BCUT2D eigenvalue weighted by Gasteiger charge is -2.24. The Kier molecular flexibility index (Phi) is 7.26. The highest BCUT2D eigenvalue weighted by molar-refractivity contribution is 6.14. The normalized spacial score (nSPS) is 11.3. The molecule has 0 radical (unpaired) electrons. The predicted octanol–water partition coefficient (Wildman–Crippen LogP) is 4.86. The van der Waals surface area contributed by atoms with Crippen LogP contribution in [0.3, 0.4) is 0 Å². The molecule has 0 saturated carbocycles. The Morgan fingerprint density at radius 1 is 0.724 bits per heavy atom. The van der Waals surface area contributed by atoms with Crippen molar-refractivity contribution in [3.63, 3.8) is 0 Å². The monoisotopic (exact) mass is 398 g/mol. The number of carbonyl (C=O) groups excluding carboxylic acids is 2. The molecule has 2 aromatic rings. The Labute approximate surface area is 172 Å². The fourth-order valence-electron chi connectivity index (χ4n) is 2.51. The maximum atomic E-state index is 12.9. The maximum Gasteiger partial charge on any atom is 0.239 e. The number of rotatable bonds is 8. The van der Waals surface area contributed by atoms with Gasteiger partial charge in [-0.1, -0.05) is 24.3 Å². The lowest BCUT2D eigenvalue weighted by molar-refractivity contribution is -0.135. The summed E-state index contributed by atoms with van der Waals surface area (Å²) in [6.45, 7) is 10.8. The summed E-state index contributed by atoms with van der Waals surface area (Å²) in [7, 11) is 0. The van der Waals surface area contributed by atoms with E-state index in [0.29, 0.717) is 22.9 Å². The number of hydrogen-bond donors (Lipinski definition) is 2. The van der Waals surface area contributed by atoms with Crippen LogP contribution < -0.4 is 20.1 Å². The molecule has 0 aliphatic rings. The first kappa shape index (κ1) is 22.3. The number of nitrogens with one attached hydrogen (secondary N) is 2. The van der Waals surface area contributed by atoms with Crippen molar-refractivity contribution in [3.05, 3.63) is 48.5 Å². The molecule has 2 amide bonds. The number of amides is 2. The molecule has 156 valence electrons. The van der Waals surface area contributed by atoms with Gasteiger partial charge in [-0.25, -0.2) is 0 Å². The topological polar surface area (TPSA) is 76.7 Å². The van der Waals surface area contributed by atoms with Crippen LogP contribution in [0.15, 0.2) is 48.5 Å². The van der Waals surface area contributed by atoms with Crippen molar-refractivity contribution in [2.45, 2.75) is 53.8 Å². The van der Waals surface area contributed by atoms with Gasteiger partial charge >= 0.3 is 0 Å². The van der Waals surface area contributed by atoms with Crippen molar-refractivity contribution in [3.8, 4) is 11.5 Å². The van der Waals surface area contributed by atoms with E-state index in [9.17, 15) is 9.59 Å². The standard InChI is InChI=1S/C23H30N2O4/c1-15(2)28-19-13-9-7-11-17(19)24-21(26)23(5,6)22(27)25-18-12-8-10-14-20(18)29-16(3)4/h7-16H,1-6H3,(H,24,26)(H,25,27). The van der Waals surface area contributed by atoms with Crippen molar-refractivity contribution >= 4 is 23.2 Å². The van der Waals surface area contributed by atoms with Gasteiger partial charge < -0.3 is 20.1 Å². The number of carbonyl (C=O) groups is 2. The quantitative estimate of drug-likeness (QED) is 0.622. The summed E-state index contributed by atoms with van der Waals surface area (Å²) in [5.74, 6) is 0.250. The molecular formula is C23H30N2O4. The van der Waals surface area contributed by atoms with Gasteiger partial charge in [0.2, 0.25) is 11.8 Å². The second-order valence-corrected chi connectivity index (χ2v) is 7.86. The van der Waals surface area contributed by atoms with Crippen LogP contribution in [-0.4, -0.2) is 24.0 Å². The summed E-state index contributed by atoms with van der Waals surface area (Å²) in [4.78, 5) is 25.8. The molecule has 0 unspecified atom stereocenters. The van der Waals surface area contributed by atoms with Crippen molar-refractivity contribution in [2.75, 3.05) is 10.6 Å². The number of hydrogen-bond acceptors (Lipinski definition) is 4. The summed E-state index contributed by atoms with van der Waals surface area (Å²) in [5.41, 5.74) is -0.276. The van der Waals surface area contributed by atoms with E-state index in [0.717, 1.165) is 0 Å². The fraction of sp³-hybridized carbons (Fsp3) is 0.391. The van der Waals surface area contributed by atoms with Crippen molar-refractivity contribution < 1.29 is 19.1 Å². The molecule has 0 atom stereocenters. The van der Waals surface area contributed by atoms with E-state index >= 15 is 0 Å². The Hall–Kier alpha value is -3.02. The third-order valence-electron chi connectivity index (χ3n) is 4.13. The molecule has 0 aromatic heterocycles. The molecule has 6 nitrogen and oxygen atoms in total. The maximum absolute atomic E-state index is 12.9. The zero-order chi connectivity index (χ0) is 21.6. The molecule has 2 rings (SSSR count). The molecule has 0 fully saturated rings. The van der Waals surface area contributed by atoms with Crippen LogP contribution >= 0.6 is 0 Å². The zero-order valence-electron chi connectivity index (χ0n) is 17.9. The number of benzene rings is 2. The smallest absolute Gasteiger partial charge is 0.239 e. The Morgan fingerprint density at radius 3 is 1.41 bits per heavy atom. The zero-order valence-corrected chi connectivity index (χ0v) is 17.9. The van der Waals surface area contributed by atoms with Gasteiger partial charge in [-0.3, -0.25) is 9.59 Å². The largest absolute Gasteiger partial charge is 0.489 e. The van der Waals surface area contributed by atoms with E-state index in [1.165, 1.54) is 0 Å². The second kappa shape index (κ2) is 9.45. The molecule has 0 spiro atoms. The number of anilines is 2. The number of para-hydroxylation sites is 4. The SMILES string of the molecule is CC(C)Oc1ccccc1NC(=O)C(C)(C)C(=O)Nc1ccccc1OC(C)C. The van der Waals surface area contributed by atoms with Crippen LogP contribution in [0.25, 0.3) is 0 Å². The van der Waals surface area contributed by atoms with Crippen LogP contribution in [0, 0.1) is 5.41 Å². The van der Waals surface area contributed by atoms with Crippen LogP contribution in [0.4, 0.5) is 11.4 Å². The van der Waals surface area contributed by atoms with E-state index in [4.69, 9.17) is 9.47 Å². The summed E-state index contributed by atoms with van der Waals surface area (Å²) >= 11 is 0. The molecule has 0 aliphatic heterocycles. The van der Waals surface area contributed by atoms with E-state index in [-0.39, 0.29) is 12.2 Å². The van der Waals surface area contributed by atoms with Gasteiger partial charge in [0.05, 0.1) is 23.6 Å². The minimum Gasteiger partial charge on any atom is -0.489 e. The highest BCUT2D eigenvalue weighted by Crippen LogP contribution is 2.30. The third-order valence-corrected chi connectivity index (χ3v) is 4.13. The first-order valence-corrected chi connectivity index (χ1v) is 9.75. The highest BCUT2D eigenvalue weighted by Gasteiger charge is 2.37. The highest BCUT2D eigenvalue weighted by atomic mass is 16.5. The lowest BCUT2D eigenvalue weighted by atomic mass is 9.90. The van der Waals surface area contributed by atoms with Crippen molar-refractivity contribution in [2.24, 2.45) is 5.41 Å². The third kappa shape index (κ3) is 5.98. The molecule has 0 heterocycles. The molecule has 2 aromatic carbocycles. The summed E-state index contributed by atoms with van der Waals surface area (Å²) in [6, 6.07) is 14.3. The molecule has 0 bridgehead atoms. The first-order valence-electron chi connectivity index (χ1n) is 9.75.